The summed E-state index contributed by atoms with van der Waals surface area (Å²) in [6.07, 6.45) is 7.02. The van der Waals surface area contributed by atoms with Crippen molar-refractivity contribution in [1.29, 1.82) is 0 Å². The lowest BCUT2D eigenvalue weighted by molar-refractivity contribution is 0.265. The van der Waals surface area contributed by atoms with Crippen LogP contribution in [0.15, 0.2) is 53.7 Å². The lowest BCUT2D eigenvalue weighted by Crippen LogP contribution is -2.39. The number of aromatic nitrogens is 1. The lowest BCUT2D eigenvalue weighted by atomic mass is 10.0. The van der Waals surface area contributed by atoms with E-state index in [1.807, 2.05) is 42.6 Å². The van der Waals surface area contributed by atoms with Crippen LogP contribution in [0.1, 0.15) is 42.7 Å². The van der Waals surface area contributed by atoms with Gasteiger partial charge in [0.1, 0.15) is 5.82 Å². The molecular formula is C23H34IN5O. The maximum Gasteiger partial charge on any atom is 0.191 e. The number of pyridine rings is 1. The van der Waals surface area contributed by atoms with Crippen LogP contribution in [0.4, 0.5) is 5.82 Å². The minimum atomic E-state index is 0. The summed E-state index contributed by atoms with van der Waals surface area (Å²) in [6.45, 7) is 3.58. The number of aliphatic imine (C=N–C) groups is 1. The molecule has 2 aromatic rings. The van der Waals surface area contributed by atoms with Crippen LogP contribution < -0.4 is 15.5 Å². The van der Waals surface area contributed by atoms with Crippen LogP contribution in [-0.2, 0) is 6.54 Å². The largest absolute Gasteiger partial charge is 0.396 e. The van der Waals surface area contributed by atoms with Crippen molar-refractivity contribution >= 4 is 35.8 Å². The SMILES string of the molecule is CN=C(NCc1ccnc(N2CCCCCC2)c1)NCC(CO)c1ccccc1.I. The maximum atomic E-state index is 9.74. The summed E-state index contributed by atoms with van der Waals surface area (Å²) in [5.74, 6) is 1.83. The number of nitrogens with one attached hydrogen (secondary N) is 2. The van der Waals surface area contributed by atoms with E-state index in [0.717, 1.165) is 30.4 Å². The summed E-state index contributed by atoms with van der Waals surface area (Å²) >= 11 is 0. The van der Waals surface area contributed by atoms with E-state index in [9.17, 15) is 5.11 Å². The average Bonchev–Trinajstić information content (AvgIpc) is 3.07. The molecule has 0 spiro atoms. The molecular weight excluding hydrogens is 489 g/mol. The second-order valence-electron chi connectivity index (χ2n) is 7.52. The number of aliphatic hydroxyl groups excluding tert-OH is 1. The maximum absolute atomic E-state index is 9.74. The van der Waals surface area contributed by atoms with Crippen molar-refractivity contribution in [3.8, 4) is 0 Å². The molecule has 0 amide bonds. The zero-order valence-corrected chi connectivity index (χ0v) is 20.1. The summed E-state index contributed by atoms with van der Waals surface area (Å²) < 4.78 is 0. The number of guanidine groups is 1. The molecule has 164 valence electrons. The molecule has 1 saturated heterocycles. The van der Waals surface area contributed by atoms with E-state index < -0.39 is 0 Å². The van der Waals surface area contributed by atoms with E-state index in [4.69, 9.17) is 0 Å². The van der Waals surface area contributed by atoms with Crippen LogP contribution in [0.25, 0.3) is 0 Å². The third kappa shape index (κ3) is 7.43. The van der Waals surface area contributed by atoms with E-state index in [1.54, 1.807) is 7.05 Å². The average molecular weight is 523 g/mol. The normalized spacial score (nSPS) is 15.7. The number of hydrogen-bond acceptors (Lipinski definition) is 4. The third-order valence-corrected chi connectivity index (χ3v) is 5.43. The van der Waals surface area contributed by atoms with E-state index in [2.05, 4.69) is 31.6 Å². The van der Waals surface area contributed by atoms with Crippen molar-refractivity contribution < 1.29 is 5.11 Å². The number of anilines is 1. The monoisotopic (exact) mass is 523 g/mol. The molecule has 7 heteroatoms. The number of halogens is 1. The highest BCUT2D eigenvalue weighted by molar-refractivity contribution is 14.0. The van der Waals surface area contributed by atoms with Crippen LogP contribution in [0.5, 0.6) is 0 Å². The molecule has 30 heavy (non-hydrogen) atoms. The molecule has 0 saturated carbocycles. The lowest BCUT2D eigenvalue weighted by Gasteiger charge is -2.22. The van der Waals surface area contributed by atoms with Crippen molar-refractivity contribution in [2.45, 2.75) is 38.1 Å². The smallest absolute Gasteiger partial charge is 0.191 e. The number of benzene rings is 1. The van der Waals surface area contributed by atoms with Crippen LogP contribution in [0.3, 0.4) is 0 Å². The molecule has 0 aliphatic carbocycles. The Hall–Kier alpha value is -1.87. The van der Waals surface area contributed by atoms with Gasteiger partial charge < -0.3 is 20.6 Å². The van der Waals surface area contributed by atoms with Gasteiger partial charge in [-0.3, -0.25) is 4.99 Å². The highest BCUT2D eigenvalue weighted by Crippen LogP contribution is 2.18. The Bertz CT molecular complexity index is 763. The van der Waals surface area contributed by atoms with Gasteiger partial charge in [-0.25, -0.2) is 4.98 Å². The highest BCUT2D eigenvalue weighted by atomic mass is 127. The summed E-state index contributed by atoms with van der Waals surface area (Å²) in [4.78, 5) is 11.3. The van der Waals surface area contributed by atoms with Gasteiger partial charge in [0, 0.05) is 45.3 Å². The van der Waals surface area contributed by atoms with Gasteiger partial charge in [-0.2, -0.15) is 0 Å². The highest BCUT2D eigenvalue weighted by Gasteiger charge is 2.13. The number of nitrogens with zero attached hydrogens (tertiary/aromatic N) is 3. The van der Waals surface area contributed by atoms with Crippen LogP contribution in [0, 0.1) is 0 Å². The van der Waals surface area contributed by atoms with Crippen LogP contribution >= 0.6 is 24.0 Å². The van der Waals surface area contributed by atoms with Gasteiger partial charge in [0.05, 0.1) is 6.61 Å². The summed E-state index contributed by atoms with van der Waals surface area (Å²) in [7, 11) is 1.76. The van der Waals surface area contributed by atoms with E-state index in [0.29, 0.717) is 13.1 Å². The van der Waals surface area contributed by atoms with Crippen molar-refractivity contribution in [2.24, 2.45) is 4.99 Å². The van der Waals surface area contributed by atoms with Gasteiger partial charge in [-0.1, -0.05) is 43.2 Å². The molecule has 1 aromatic heterocycles. The van der Waals surface area contributed by atoms with Crippen LogP contribution in [-0.4, -0.2) is 49.3 Å². The molecule has 1 unspecified atom stereocenters. The topological polar surface area (TPSA) is 72.8 Å². The fraction of sp³-hybridized carbons (Fsp3) is 0.478. The quantitative estimate of drug-likeness (QED) is 0.294. The zero-order chi connectivity index (χ0) is 20.3. The first-order valence-electron chi connectivity index (χ1n) is 10.6. The predicted molar refractivity (Wildman–Crippen MR) is 135 cm³/mol. The standard InChI is InChI=1S/C23H33N5O.HI/c1-24-23(27-17-21(18-29)20-9-5-4-6-10-20)26-16-19-11-12-25-22(15-19)28-13-7-2-3-8-14-28;/h4-6,9-12,15,21,29H,2-3,7-8,13-14,16-18H2,1H3,(H2,24,26,27);1H. The second kappa shape index (κ2) is 13.4. The molecule has 0 radical (unpaired) electrons. The molecule has 1 aliphatic rings. The number of hydrogen-bond donors (Lipinski definition) is 3. The van der Waals surface area contributed by atoms with Crippen molar-refractivity contribution in [2.75, 3.05) is 38.2 Å². The summed E-state index contributed by atoms with van der Waals surface area (Å²) in [5.41, 5.74) is 2.30. The molecule has 0 bridgehead atoms. The fourth-order valence-electron chi connectivity index (χ4n) is 3.68. The molecule has 1 aliphatic heterocycles. The van der Waals surface area contributed by atoms with Crippen molar-refractivity contribution in [1.82, 2.24) is 15.6 Å². The first kappa shape index (κ1) is 24.4. The first-order chi connectivity index (χ1) is 14.3. The molecule has 1 aromatic carbocycles. The molecule has 1 fully saturated rings. The van der Waals surface area contributed by atoms with Gasteiger partial charge in [0.15, 0.2) is 5.96 Å². The van der Waals surface area contributed by atoms with Gasteiger partial charge in [-0.15, -0.1) is 24.0 Å². The van der Waals surface area contributed by atoms with Gasteiger partial charge >= 0.3 is 0 Å². The predicted octanol–water partition coefficient (Wildman–Crippen LogP) is 3.52. The Balaban J connectivity index is 0.00000320. The Morgan fingerprint density at radius 2 is 1.83 bits per heavy atom. The molecule has 1 atom stereocenters. The molecule has 3 rings (SSSR count). The van der Waals surface area contributed by atoms with Crippen LogP contribution in [0.2, 0.25) is 0 Å². The third-order valence-electron chi connectivity index (χ3n) is 5.43. The number of aliphatic hydroxyl groups is 1. The van der Waals surface area contributed by atoms with Gasteiger partial charge in [0.2, 0.25) is 0 Å². The number of rotatable bonds is 7. The van der Waals surface area contributed by atoms with Crippen molar-refractivity contribution in [3.05, 3.63) is 59.8 Å². The van der Waals surface area contributed by atoms with E-state index in [-0.39, 0.29) is 36.5 Å². The van der Waals surface area contributed by atoms with E-state index in [1.165, 1.54) is 31.2 Å². The Labute approximate surface area is 197 Å². The Morgan fingerprint density at radius 3 is 2.50 bits per heavy atom. The molecule has 3 N–H and O–H groups in total. The second-order valence-corrected chi connectivity index (χ2v) is 7.52. The molecule has 6 nitrogen and oxygen atoms in total. The van der Waals surface area contributed by atoms with Gasteiger partial charge in [0.25, 0.3) is 0 Å². The Morgan fingerprint density at radius 1 is 1.10 bits per heavy atom. The summed E-state index contributed by atoms with van der Waals surface area (Å²) in [6, 6.07) is 14.3. The fourth-order valence-corrected chi connectivity index (χ4v) is 3.68. The summed E-state index contributed by atoms with van der Waals surface area (Å²) in [5, 5.41) is 16.4. The van der Waals surface area contributed by atoms with Crippen molar-refractivity contribution in [3.63, 3.8) is 0 Å². The zero-order valence-electron chi connectivity index (χ0n) is 17.8. The first-order valence-corrected chi connectivity index (χ1v) is 10.6. The van der Waals surface area contributed by atoms with Gasteiger partial charge in [-0.05, 0) is 36.1 Å². The minimum absolute atomic E-state index is 0. The minimum Gasteiger partial charge on any atom is -0.396 e. The van der Waals surface area contributed by atoms with E-state index >= 15 is 0 Å². The molecule has 2 heterocycles. The Kier molecular flexibility index (Phi) is 10.9.